The largest absolute Gasteiger partial charge is 0.490 e. The van der Waals surface area contributed by atoms with Crippen LogP contribution in [0.2, 0.25) is 10.0 Å². The first kappa shape index (κ1) is 28.7. The van der Waals surface area contributed by atoms with E-state index < -0.39 is 17.6 Å². The fourth-order valence-corrected chi connectivity index (χ4v) is 4.92. The number of benzene rings is 3. The molecule has 0 saturated heterocycles. The first-order chi connectivity index (χ1) is 19.7. The molecule has 210 valence electrons. The number of hydrogen-bond acceptors (Lipinski definition) is 8. The minimum absolute atomic E-state index is 0.145. The molecule has 0 fully saturated rings. The van der Waals surface area contributed by atoms with E-state index in [9.17, 15) is 9.59 Å². The molecule has 0 bridgehead atoms. The number of rotatable bonds is 8. The lowest BCUT2D eigenvalue weighted by atomic mass is 10.2. The van der Waals surface area contributed by atoms with Crippen molar-refractivity contribution in [1.82, 2.24) is 9.66 Å². The van der Waals surface area contributed by atoms with E-state index in [4.69, 9.17) is 46.8 Å². The van der Waals surface area contributed by atoms with Crippen LogP contribution in [0.25, 0.3) is 33.5 Å². The van der Waals surface area contributed by atoms with Crippen LogP contribution in [0.3, 0.4) is 0 Å². The molecule has 12 heteroatoms. The third-order valence-electron chi connectivity index (χ3n) is 6.05. The highest BCUT2D eigenvalue weighted by Crippen LogP contribution is 2.43. The summed E-state index contributed by atoms with van der Waals surface area (Å²) >= 11 is 16.3. The van der Waals surface area contributed by atoms with Crippen molar-refractivity contribution >= 4 is 73.2 Å². The molecule has 3 aromatic carbocycles. The third kappa shape index (κ3) is 5.68. The Morgan fingerprint density at radius 3 is 2.73 bits per heavy atom. The molecular weight excluding hydrogens is 637 g/mol. The lowest BCUT2D eigenvalue weighted by Gasteiger charge is -2.18. The number of para-hydroxylation sites is 1. The molecule has 0 radical (unpaired) electrons. The molecule has 41 heavy (non-hydrogen) atoms. The molecular formula is C29H22BrCl2N3O6. The molecule has 1 atom stereocenters. The summed E-state index contributed by atoms with van der Waals surface area (Å²) in [6.07, 6.45) is 0.499. The quantitative estimate of drug-likeness (QED) is 0.129. The average molecular weight is 659 g/mol. The molecule has 2 heterocycles. The SMILES string of the molecule is CCOc1cc(C=Nn2c(-c3cc4cc(Cl)ccc4o3)nc3ccccc3c2=O)c(Br)c(Cl)c1O[C@H](C)C(=O)OC. The van der Waals surface area contributed by atoms with Gasteiger partial charge in [0.05, 0.1) is 30.8 Å². The Morgan fingerprint density at radius 2 is 1.98 bits per heavy atom. The number of hydrogen-bond donors (Lipinski definition) is 0. The van der Waals surface area contributed by atoms with Gasteiger partial charge in [-0.15, -0.1) is 0 Å². The zero-order chi connectivity index (χ0) is 29.3. The summed E-state index contributed by atoms with van der Waals surface area (Å²) < 4.78 is 23.8. The molecule has 0 spiro atoms. The lowest BCUT2D eigenvalue weighted by molar-refractivity contribution is -0.147. The maximum Gasteiger partial charge on any atom is 0.346 e. The van der Waals surface area contributed by atoms with Crippen LogP contribution >= 0.6 is 39.1 Å². The average Bonchev–Trinajstić information content (AvgIpc) is 3.39. The van der Waals surface area contributed by atoms with Gasteiger partial charge in [-0.05, 0) is 72.2 Å². The zero-order valence-electron chi connectivity index (χ0n) is 22.0. The van der Waals surface area contributed by atoms with Crippen molar-refractivity contribution in [1.29, 1.82) is 0 Å². The molecule has 0 aliphatic heterocycles. The van der Waals surface area contributed by atoms with E-state index in [0.29, 0.717) is 43.9 Å². The minimum atomic E-state index is -0.938. The second kappa shape index (κ2) is 11.9. The minimum Gasteiger partial charge on any atom is -0.490 e. The molecule has 5 aromatic rings. The van der Waals surface area contributed by atoms with Crippen molar-refractivity contribution in [3.63, 3.8) is 0 Å². The van der Waals surface area contributed by atoms with Gasteiger partial charge in [0.15, 0.2) is 23.4 Å². The smallest absolute Gasteiger partial charge is 0.346 e. The van der Waals surface area contributed by atoms with Gasteiger partial charge >= 0.3 is 5.97 Å². The number of halogens is 3. The van der Waals surface area contributed by atoms with Gasteiger partial charge in [-0.3, -0.25) is 4.79 Å². The monoisotopic (exact) mass is 657 g/mol. The maximum atomic E-state index is 13.6. The van der Waals surface area contributed by atoms with Crippen LogP contribution < -0.4 is 15.0 Å². The Bertz CT molecular complexity index is 1880. The molecule has 0 N–H and O–H groups in total. The van der Waals surface area contributed by atoms with Gasteiger partial charge in [0.1, 0.15) is 10.6 Å². The highest BCUT2D eigenvalue weighted by molar-refractivity contribution is 9.10. The van der Waals surface area contributed by atoms with Gasteiger partial charge in [0.2, 0.25) is 5.82 Å². The first-order valence-electron chi connectivity index (χ1n) is 12.4. The van der Waals surface area contributed by atoms with Gasteiger partial charge in [0.25, 0.3) is 5.56 Å². The normalized spacial score (nSPS) is 12.2. The summed E-state index contributed by atoms with van der Waals surface area (Å²) in [6.45, 7) is 3.63. The van der Waals surface area contributed by atoms with Gasteiger partial charge in [0, 0.05) is 20.4 Å². The van der Waals surface area contributed by atoms with Gasteiger partial charge in [-0.2, -0.15) is 9.78 Å². The van der Waals surface area contributed by atoms with E-state index in [-0.39, 0.29) is 22.3 Å². The topological polar surface area (TPSA) is 105 Å². The van der Waals surface area contributed by atoms with E-state index >= 15 is 0 Å². The number of aromatic nitrogens is 2. The number of ether oxygens (including phenoxy) is 3. The molecule has 0 aliphatic rings. The van der Waals surface area contributed by atoms with Crippen molar-refractivity contribution in [2.24, 2.45) is 5.10 Å². The van der Waals surface area contributed by atoms with Crippen molar-refractivity contribution in [2.75, 3.05) is 13.7 Å². The number of methoxy groups -OCH3 is 1. The molecule has 0 unspecified atom stereocenters. The standard InChI is InChI=1S/C29H22BrCl2N3O6/c1-4-39-22-13-17(24(30)25(32)26(22)40-15(2)29(37)38-3)14-33-35-27(34-20-8-6-5-7-19(20)28(35)36)23-12-16-11-18(31)9-10-21(16)41-23/h5-15H,4H2,1-3H3/t15-/m1/s1. The van der Waals surface area contributed by atoms with Crippen LogP contribution in [0.5, 0.6) is 11.5 Å². The van der Waals surface area contributed by atoms with E-state index in [1.54, 1.807) is 61.5 Å². The van der Waals surface area contributed by atoms with E-state index in [2.05, 4.69) is 21.0 Å². The number of carbonyl (C=O) groups excluding carboxylic acids is 1. The predicted octanol–water partition coefficient (Wildman–Crippen LogP) is 7.10. The van der Waals surface area contributed by atoms with Crippen LogP contribution in [0.4, 0.5) is 0 Å². The second-order valence-corrected chi connectivity index (χ2v) is 10.4. The van der Waals surface area contributed by atoms with Crippen molar-refractivity contribution in [3.05, 3.63) is 85.0 Å². The van der Waals surface area contributed by atoms with Crippen molar-refractivity contribution < 1.29 is 23.4 Å². The zero-order valence-corrected chi connectivity index (χ0v) is 25.1. The predicted molar refractivity (Wildman–Crippen MR) is 162 cm³/mol. The van der Waals surface area contributed by atoms with E-state index in [0.717, 1.165) is 10.1 Å². The lowest BCUT2D eigenvalue weighted by Crippen LogP contribution is -2.25. The van der Waals surface area contributed by atoms with Crippen molar-refractivity contribution in [3.8, 4) is 23.1 Å². The van der Waals surface area contributed by atoms with Gasteiger partial charge in [-0.25, -0.2) is 9.78 Å². The highest BCUT2D eigenvalue weighted by Gasteiger charge is 2.23. The summed E-state index contributed by atoms with van der Waals surface area (Å²) in [5, 5.41) is 6.31. The summed E-state index contributed by atoms with van der Waals surface area (Å²) in [4.78, 5) is 30.3. The Labute approximate surface area is 252 Å². The first-order valence-corrected chi connectivity index (χ1v) is 13.9. The van der Waals surface area contributed by atoms with Crippen molar-refractivity contribution in [2.45, 2.75) is 20.0 Å². The van der Waals surface area contributed by atoms with Crippen LogP contribution in [0, 0.1) is 0 Å². The Morgan fingerprint density at radius 1 is 1.20 bits per heavy atom. The Balaban J connectivity index is 1.65. The molecule has 0 saturated carbocycles. The molecule has 9 nitrogen and oxygen atoms in total. The van der Waals surface area contributed by atoms with E-state index in [1.807, 2.05) is 0 Å². The molecule has 0 amide bonds. The Kier molecular flexibility index (Phi) is 8.35. The van der Waals surface area contributed by atoms with Crippen LogP contribution in [-0.2, 0) is 9.53 Å². The third-order valence-corrected chi connectivity index (χ3v) is 7.73. The summed E-state index contributed by atoms with van der Waals surface area (Å²) in [5.74, 6) is 0.373. The summed E-state index contributed by atoms with van der Waals surface area (Å²) in [5.41, 5.74) is 1.13. The number of esters is 1. The highest BCUT2D eigenvalue weighted by atomic mass is 79.9. The Hall–Kier alpha value is -3.86. The molecule has 2 aromatic heterocycles. The van der Waals surface area contributed by atoms with Gasteiger partial charge < -0.3 is 18.6 Å². The van der Waals surface area contributed by atoms with E-state index in [1.165, 1.54) is 20.2 Å². The second-order valence-electron chi connectivity index (χ2n) is 8.74. The summed E-state index contributed by atoms with van der Waals surface area (Å²) in [6, 6.07) is 15.6. The van der Waals surface area contributed by atoms with Gasteiger partial charge in [-0.1, -0.05) is 35.3 Å². The summed E-state index contributed by atoms with van der Waals surface area (Å²) in [7, 11) is 1.26. The molecule has 0 aliphatic carbocycles. The fraction of sp³-hybridized carbons (Fsp3) is 0.172. The van der Waals surface area contributed by atoms with Crippen LogP contribution in [0.1, 0.15) is 19.4 Å². The maximum absolute atomic E-state index is 13.6. The van der Waals surface area contributed by atoms with Crippen LogP contribution in [0.15, 0.2) is 73.4 Å². The number of nitrogens with zero attached hydrogens (tertiary/aromatic N) is 3. The number of carbonyl (C=O) groups is 1. The number of fused-ring (bicyclic) bond motifs is 2. The fourth-order valence-electron chi connectivity index (χ4n) is 4.10. The van der Waals surface area contributed by atoms with Crippen LogP contribution in [-0.4, -0.2) is 41.7 Å². The number of furan rings is 1. The molecule has 5 rings (SSSR count).